The first kappa shape index (κ1) is 21.2. The topological polar surface area (TPSA) is 36.3 Å². The average Bonchev–Trinajstić information content (AvgIpc) is 3.45. The van der Waals surface area contributed by atoms with E-state index in [0.717, 1.165) is 23.0 Å². The zero-order valence-electron chi connectivity index (χ0n) is 18.8. The van der Waals surface area contributed by atoms with Crippen molar-refractivity contribution in [2.75, 3.05) is 19.0 Å². The number of rotatable bonds is 6. The molecule has 1 fully saturated rings. The second-order valence-corrected chi connectivity index (χ2v) is 8.84. The number of hydrogen-bond acceptors (Lipinski definition) is 3. The lowest BCUT2D eigenvalue weighted by Crippen LogP contribution is -2.30. The third-order valence-electron chi connectivity index (χ3n) is 6.12. The first-order valence-electron chi connectivity index (χ1n) is 11.1. The van der Waals surface area contributed by atoms with Crippen molar-refractivity contribution in [1.82, 2.24) is 19.8 Å². The van der Waals surface area contributed by atoms with E-state index in [9.17, 15) is 0 Å². The number of benzene rings is 2. The molecule has 4 aromatic rings. The fourth-order valence-corrected chi connectivity index (χ4v) is 4.76. The molecule has 2 atom stereocenters. The van der Waals surface area contributed by atoms with E-state index in [1.54, 1.807) is 0 Å². The summed E-state index contributed by atoms with van der Waals surface area (Å²) in [7, 11) is 4.11. The molecule has 0 aliphatic carbocycles. The van der Waals surface area contributed by atoms with Crippen molar-refractivity contribution < 1.29 is 0 Å². The van der Waals surface area contributed by atoms with E-state index in [1.807, 2.05) is 24.4 Å². The van der Waals surface area contributed by atoms with E-state index in [2.05, 4.69) is 112 Å². The molecule has 0 spiro atoms. The predicted octanol–water partition coefficient (Wildman–Crippen LogP) is 5.11. The van der Waals surface area contributed by atoms with Crippen LogP contribution in [0.15, 0.2) is 97.3 Å². The van der Waals surface area contributed by atoms with Gasteiger partial charge in [0, 0.05) is 50.1 Å². The Morgan fingerprint density at radius 3 is 2.36 bits per heavy atom. The summed E-state index contributed by atoms with van der Waals surface area (Å²) in [4.78, 5) is 9.06. The van der Waals surface area contributed by atoms with Crippen molar-refractivity contribution in [3.05, 3.63) is 114 Å². The summed E-state index contributed by atoms with van der Waals surface area (Å²) in [5, 5.41) is 4.30. The highest BCUT2D eigenvalue weighted by atomic mass is 32.1. The molecule has 2 aromatic heterocycles. The van der Waals surface area contributed by atoms with Gasteiger partial charge in [-0.05, 0) is 66.3 Å². The third-order valence-corrected chi connectivity index (χ3v) is 6.47. The van der Waals surface area contributed by atoms with E-state index < -0.39 is 0 Å². The molecule has 0 unspecified atom stereocenters. The van der Waals surface area contributed by atoms with Gasteiger partial charge in [-0.3, -0.25) is 4.98 Å². The van der Waals surface area contributed by atoms with Gasteiger partial charge in [0.05, 0.1) is 17.8 Å². The molecule has 5 rings (SSSR count). The molecule has 1 aliphatic rings. The fraction of sp³-hybridized carbons (Fsp3) is 0.185. The van der Waals surface area contributed by atoms with Gasteiger partial charge in [-0.2, -0.15) is 0 Å². The highest BCUT2D eigenvalue weighted by Crippen LogP contribution is 2.40. The Labute approximate surface area is 200 Å². The van der Waals surface area contributed by atoms with Crippen molar-refractivity contribution in [2.45, 2.75) is 18.6 Å². The summed E-state index contributed by atoms with van der Waals surface area (Å²) < 4.78 is 2.26. The number of thiocarbonyl (C=S) groups is 1. The molecule has 0 amide bonds. The lowest BCUT2D eigenvalue weighted by Gasteiger charge is -2.29. The Morgan fingerprint density at radius 2 is 1.67 bits per heavy atom. The van der Waals surface area contributed by atoms with E-state index >= 15 is 0 Å². The minimum atomic E-state index is -0.0443. The Balaban J connectivity index is 1.57. The summed E-state index contributed by atoms with van der Waals surface area (Å²) in [6, 6.07) is 29.4. The van der Waals surface area contributed by atoms with Crippen molar-refractivity contribution in [2.24, 2.45) is 0 Å². The van der Waals surface area contributed by atoms with Gasteiger partial charge < -0.3 is 19.7 Å². The highest BCUT2D eigenvalue weighted by Gasteiger charge is 2.41. The quantitative estimate of drug-likeness (QED) is 0.411. The molecular formula is C27H27N5S. The number of hydrogen-bond donors (Lipinski definition) is 1. The third kappa shape index (κ3) is 4.22. The smallest absolute Gasteiger partial charge is 0.170 e. The number of aromatic nitrogens is 2. The monoisotopic (exact) mass is 453 g/mol. The van der Waals surface area contributed by atoms with Crippen molar-refractivity contribution in [3.63, 3.8) is 0 Å². The lowest BCUT2D eigenvalue weighted by atomic mass is 10.0. The van der Waals surface area contributed by atoms with Gasteiger partial charge in [0.2, 0.25) is 0 Å². The lowest BCUT2D eigenvalue weighted by molar-refractivity contribution is 0.302. The predicted molar refractivity (Wildman–Crippen MR) is 138 cm³/mol. The summed E-state index contributed by atoms with van der Waals surface area (Å²) in [6.07, 6.45) is 3.97. The fourth-order valence-electron chi connectivity index (χ4n) is 4.46. The standard InChI is InChI=1S/C27H27N5S/c1-30(2)21-13-15-22(16-14-21)31-18-8-12-24(31)26-25(23-11-6-7-17-28-23)29-27(33)32(26)19-20-9-4-3-5-10-20/h3-18,25-26H,19H2,1-2H3,(H,29,33)/t25-,26+/m0/s1. The first-order chi connectivity index (χ1) is 16.1. The van der Waals surface area contributed by atoms with Crippen molar-refractivity contribution >= 4 is 23.0 Å². The molecule has 3 heterocycles. The molecule has 5 nitrogen and oxygen atoms in total. The van der Waals surface area contributed by atoms with E-state index in [0.29, 0.717) is 0 Å². The largest absolute Gasteiger partial charge is 0.378 e. The Kier molecular flexibility index (Phi) is 5.84. The molecule has 6 heteroatoms. The number of nitrogens with one attached hydrogen (secondary N) is 1. The van der Waals surface area contributed by atoms with Gasteiger partial charge in [0.15, 0.2) is 5.11 Å². The molecular weight excluding hydrogens is 426 g/mol. The zero-order valence-corrected chi connectivity index (χ0v) is 19.6. The van der Waals surface area contributed by atoms with Crippen LogP contribution < -0.4 is 10.2 Å². The second-order valence-electron chi connectivity index (χ2n) is 8.45. The SMILES string of the molecule is CN(C)c1ccc(-n2cccc2[C@@H]2[C@H](c3ccccn3)NC(=S)N2Cc2ccccc2)cc1. The van der Waals surface area contributed by atoms with Crippen LogP contribution in [0.3, 0.4) is 0 Å². The second kappa shape index (κ2) is 9.08. The van der Waals surface area contributed by atoms with Crippen molar-refractivity contribution in [1.29, 1.82) is 0 Å². The van der Waals surface area contributed by atoms with Crippen LogP contribution >= 0.6 is 12.2 Å². The van der Waals surface area contributed by atoms with Crippen LogP contribution in [0.25, 0.3) is 5.69 Å². The molecule has 1 aliphatic heterocycles. The van der Waals surface area contributed by atoms with Crippen LogP contribution in [0.4, 0.5) is 5.69 Å². The van der Waals surface area contributed by atoms with Crippen molar-refractivity contribution in [3.8, 4) is 5.69 Å². The van der Waals surface area contributed by atoms with Crippen LogP contribution in [0.5, 0.6) is 0 Å². The van der Waals surface area contributed by atoms with E-state index in [1.165, 1.54) is 16.9 Å². The van der Waals surface area contributed by atoms with Gasteiger partial charge in [0.25, 0.3) is 0 Å². The molecule has 0 bridgehead atoms. The molecule has 166 valence electrons. The molecule has 33 heavy (non-hydrogen) atoms. The summed E-state index contributed by atoms with van der Waals surface area (Å²) in [6.45, 7) is 0.728. The Bertz CT molecular complexity index is 1220. The summed E-state index contributed by atoms with van der Waals surface area (Å²) >= 11 is 5.85. The zero-order chi connectivity index (χ0) is 22.8. The van der Waals surface area contributed by atoms with Gasteiger partial charge in [-0.1, -0.05) is 36.4 Å². The molecule has 2 aromatic carbocycles. The molecule has 1 saturated heterocycles. The normalized spacial score (nSPS) is 17.8. The first-order valence-corrected chi connectivity index (χ1v) is 11.5. The number of pyridine rings is 1. The van der Waals surface area contributed by atoms with E-state index in [-0.39, 0.29) is 12.1 Å². The average molecular weight is 454 g/mol. The van der Waals surface area contributed by atoms with Gasteiger partial charge in [-0.25, -0.2) is 0 Å². The minimum absolute atomic E-state index is 0.00358. The summed E-state index contributed by atoms with van der Waals surface area (Å²) in [5.41, 5.74) is 5.68. The molecule has 0 saturated carbocycles. The van der Waals surface area contributed by atoms with Crippen LogP contribution in [0.1, 0.15) is 29.0 Å². The Hall–Kier alpha value is -3.64. The van der Waals surface area contributed by atoms with Gasteiger partial charge >= 0.3 is 0 Å². The maximum absolute atomic E-state index is 5.85. The Morgan fingerprint density at radius 1 is 0.909 bits per heavy atom. The van der Waals surface area contributed by atoms with Crippen LogP contribution in [-0.4, -0.2) is 33.7 Å². The van der Waals surface area contributed by atoms with Crippen LogP contribution in [0, 0.1) is 0 Å². The minimum Gasteiger partial charge on any atom is -0.378 e. The van der Waals surface area contributed by atoms with E-state index in [4.69, 9.17) is 12.2 Å². The maximum atomic E-state index is 5.85. The van der Waals surface area contributed by atoms with Crippen LogP contribution in [-0.2, 0) is 6.54 Å². The van der Waals surface area contributed by atoms with Gasteiger partial charge in [0.1, 0.15) is 0 Å². The number of anilines is 1. The van der Waals surface area contributed by atoms with Crippen LogP contribution in [0.2, 0.25) is 0 Å². The molecule has 1 N–H and O–H groups in total. The summed E-state index contributed by atoms with van der Waals surface area (Å²) in [5.74, 6) is 0. The maximum Gasteiger partial charge on any atom is 0.170 e. The highest BCUT2D eigenvalue weighted by molar-refractivity contribution is 7.80. The van der Waals surface area contributed by atoms with Gasteiger partial charge in [-0.15, -0.1) is 0 Å². The molecule has 0 radical (unpaired) electrons. The number of nitrogens with zero attached hydrogens (tertiary/aromatic N) is 4.